The van der Waals surface area contributed by atoms with E-state index >= 15 is 0 Å². The van der Waals surface area contributed by atoms with Crippen molar-refractivity contribution < 1.29 is 9.59 Å². The summed E-state index contributed by atoms with van der Waals surface area (Å²) in [6, 6.07) is 16.0. The van der Waals surface area contributed by atoms with Gasteiger partial charge in [0.2, 0.25) is 5.91 Å². The van der Waals surface area contributed by atoms with E-state index in [0.717, 1.165) is 5.56 Å². The number of benzene rings is 2. The monoisotopic (exact) mass is 427 g/mol. The van der Waals surface area contributed by atoms with Crippen LogP contribution in [0.15, 0.2) is 72.4 Å². The van der Waals surface area contributed by atoms with Crippen LogP contribution >= 0.6 is 23.4 Å². The Morgan fingerprint density at radius 2 is 1.79 bits per heavy atom. The number of allylic oxidation sites excluding steroid dienone is 1. The van der Waals surface area contributed by atoms with E-state index < -0.39 is 5.91 Å². The molecule has 2 N–H and O–H groups in total. The van der Waals surface area contributed by atoms with Gasteiger partial charge in [-0.2, -0.15) is 0 Å². The summed E-state index contributed by atoms with van der Waals surface area (Å²) in [6.07, 6.45) is 1.74. The van der Waals surface area contributed by atoms with Crippen molar-refractivity contribution >= 4 is 35.2 Å². The summed E-state index contributed by atoms with van der Waals surface area (Å²) < 4.78 is 1.88. The molecule has 0 atom stereocenters. The summed E-state index contributed by atoms with van der Waals surface area (Å²) >= 11 is 7.02. The van der Waals surface area contributed by atoms with Crippen LogP contribution in [0, 0.1) is 0 Å². The van der Waals surface area contributed by atoms with Crippen LogP contribution in [0.25, 0.3) is 11.4 Å². The molecule has 0 saturated carbocycles. The highest BCUT2D eigenvalue weighted by molar-refractivity contribution is 7.99. The summed E-state index contributed by atoms with van der Waals surface area (Å²) in [6.45, 7) is 4.28. The minimum absolute atomic E-state index is 0.0605. The van der Waals surface area contributed by atoms with Crippen molar-refractivity contribution in [2.75, 3.05) is 5.75 Å². The fraction of sp³-hybridized carbons (Fsp3) is 0.100. The van der Waals surface area contributed by atoms with Crippen LogP contribution in [-0.4, -0.2) is 32.3 Å². The summed E-state index contributed by atoms with van der Waals surface area (Å²) in [5.41, 5.74) is 6.07. The first kappa shape index (κ1) is 20.6. The maximum absolute atomic E-state index is 12.1. The van der Waals surface area contributed by atoms with Gasteiger partial charge in [0, 0.05) is 22.7 Å². The Morgan fingerprint density at radius 3 is 2.48 bits per heavy atom. The Kier molecular flexibility index (Phi) is 7.04. The van der Waals surface area contributed by atoms with E-state index in [1.807, 2.05) is 34.9 Å². The number of thioether (sulfide) groups is 1. The van der Waals surface area contributed by atoms with Gasteiger partial charge in [-0.05, 0) is 24.3 Å². The first-order chi connectivity index (χ1) is 14.1. The lowest BCUT2D eigenvalue weighted by atomic mass is 10.2. The molecule has 0 spiro atoms. The molecule has 1 aromatic heterocycles. The molecule has 0 unspecified atom stereocenters. The van der Waals surface area contributed by atoms with E-state index in [2.05, 4.69) is 27.6 Å². The van der Waals surface area contributed by atoms with Gasteiger partial charge in [0.1, 0.15) is 0 Å². The van der Waals surface area contributed by atoms with Gasteiger partial charge < -0.3 is 0 Å². The number of carbonyl (C=O) groups excluding carboxylic acids is 2. The predicted octanol–water partition coefficient (Wildman–Crippen LogP) is 3.34. The first-order valence-electron chi connectivity index (χ1n) is 8.65. The van der Waals surface area contributed by atoms with Crippen LogP contribution in [0.3, 0.4) is 0 Å². The Bertz CT molecular complexity index is 1010. The van der Waals surface area contributed by atoms with Gasteiger partial charge in [0.25, 0.3) is 5.91 Å². The van der Waals surface area contributed by atoms with Crippen molar-refractivity contribution in [2.45, 2.75) is 11.7 Å². The van der Waals surface area contributed by atoms with Gasteiger partial charge in [-0.15, -0.1) is 16.8 Å². The zero-order chi connectivity index (χ0) is 20.6. The number of hydrogen-bond acceptors (Lipinski definition) is 5. The molecule has 0 radical (unpaired) electrons. The Labute approximate surface area is 177 Å². The predicted molar refractivity (Wildman–Crippen MR) is 113 cm³/mol. The number of carbonyl (C=O) groups is 2. The standard InChI is InChI=1S/C20H18ClN5O2S/c1-2-12-26-18(14-6-4-3-5-7-14)23-25-20(26)29-13-17(27)22-24-19(28)15-8-10-16(21)11-9-15/h2-11H,1,12-13H2,(H,22,27)(H,24,28). The summed E-state index contributed by atoms with van der Waals surface area (Å²) in [4.78, 5) is 24.1. The first-order valence-corrected chi connectivity index (χ1v) is 10.0. The van der Waals surface area contributed by atoms with E-state index in [-0.39, 0.29) is 11.7 Å². The lowest BCUT2D eigenvalue weighted by molar-refractivity contribution is -0.119. The minimum Gasteiger partial charge on any atom is -0.298 e. The van der Waals surface area contributed by atoms with Crippen LogP contribution in [0.2, 0.25) is 5.02 Å². The lowest BCUT2D eigenvalue weighted by Crippen LogP contribution is -2.42. The van der Waals surface area contributed by atoms with Crippen LogP contribution in [0.1, 0.15) is 10.4 Å². The van der Waals surface area contributed by atoms with E-state index in [9.17, 15) is 9.59 Å². The number of halogens is 1. The van der Waals surface area contributed by atoms with E-state index in [1.165, 1.54) is 11.8 Å². The quantitative estimate of drug-likeness (QED) is 0.343. The summed E-state index contributed by atoms with van der Waals surface area (Å²) in [5, 5.41) is 9.53. The molecule has 9 heteroatoms. The Hall–Kier alpha value is -3.10. The minimum atomic E-state index is -0.429. The number of rotatable bonds is 7. The molecule has 3 rings (SSSR count). The van der Waals surface area contributed by atoms with Crippen LogP contribution < -0.4 is 10.9 Å². The van der Waals surface area contributed by atoms with Crippen molar-refractivity contribution in [3.8, 4) is 11.4 Å². The molecule has 0 bridgehead atoms. The van der Waals surface area contributed by atoms with Crippen molar-refractivity contribution in [3.63, 3.8) is 0 Å². The highest BCUT2D eigenvalue weighted by atomic mass is 35.5. The molecule has 2 amide bonds. The molecule has 29 heavy (non-hydrogen) atoms. The average Bonchev–Trinajstić information content (AvgIpc) is 3.14. The van der Waals surface area contributed by atoms with Gasteiger partial charge in [-0.1, -0.05) is 59.8 Å². The second kappa shape index (κ2) is 9.90. The molecule has 0 fully saturated rings. The van der Waals surface area contributed by atoms with Gasteiger partial charge in [0.05, 0.1) is 5.75 Å². The fourth-order valence-corrected chi connectivity index (χ4v) is 3.33. The Morgan fingerprint density at radius 1 is 1.07 bits per heavy atom. The van der Waals surface area contributed by atoms with Crippen molar-refractivity contribution in [3.05, 3.63) is 77.8 Å². The molecule has 3 aromatic rings. The molecule has 0 saturated heterocycles. The maximum atomic E-state index is 12.1. The third-order valence-electron chi connectivity index (χ3n) is 3.81. The second-order valence-corrected chi connectivity index (χ2v) is 7.25. The zero-order valence-electron chi connectivity index (χ0n) is 15.3. The number of nitrogens with zero attached hydrogens (tertiary/aromatic N) is 3. The molecule has 2 aromatic carbocycles. The number of hydrogen-bond donors (Lipinski definition) is 2. The molecular formula is C20H18ClN5O2S. The van der Waals surface area contributed by atoms with Gasteiger partial charge in [-0.3, -0.25) is 25.0 Å². The molecule has 0 aliphatic rings. The number of aromatic nitrogens is 3. The number of amides is 2. The maximum Gasteiger partial charge on any atom is 0.269 e. The van der Waals surface area contributed by atoms with Crippen molar-refractivity contribution in [1.29, 1.82) is 0 Å². The molecule has 0 aliphatic heterocycles. The molecule has 148 valence electrons. The van der Waals surface area contributed by atoms with E-state index in [4.69, 9.17) is 11.6 Å². The van der Waals surface area contributed by atoms with Crippen LogP contribution in [0.5, 0.6) is 0 Å². The molecule has 7 nitrogen and oxygen atoms in total. The fourth-order valence-electron chi connectivity index (χ4n) is 2.46. The largest absolute Gasteiger partial charge is 0.298 e. The smallest absolute Gasteiger partial charge is 0.269 e. The highest BCUT2D eigenvalue weighted by Gasteiger charge is 2.15. The normalized spacial score (nSPS) is 10.4. The Balaban J connectivity index is 1.58. The average molecular weight is 428 g/mol. The SMILES string of the molecule is C=CCn1c(SCC(=O)NNC(=O)c2ccc(Cl)cc2)nnc1-c1ccccc1. The molecular weight excluding hydrogens is 410 g/mol. The topological polar surface area (TPSA) is 88.9 Å². The van der Waals surface area contributed by atoms with Crippen LogP contribution in [0.4, 0.5) is 0 Å². The number of hydrazine groups is 1. The highest BCUT2D eigenvalue weighted by Crippen LogP contribution is 2.23. The third kappa shape index (κ3) is 5.46. The van der Waals surface area contributed by atoms with Gasteiger partial charge in [-0.25, -0.2) is 0 Å². The summed E-state index contributed by atoms with van der Waals surface area (Å²) in [5.74, 6) is -0.0392. The van der Waals surface area contributed by atoms with E-state index in [1.54, 1.807) is 30.3 Å². The zero-order valence-corrected chi connectivity index (χ0v) is 16.9. The number of nitrogens with one attached hydrogen (secondary N) is 2. The molecule has 1 heterocycles. The van der Waals surface area contributed by atoms with Crippen LogP contribution in [-0.2, 0) is 11.3 Å². The van der Waals surface area contributed by atoms with Crippen molar-refractivity contribution in [1.82, 2.24) is 25.6 Å². The second-order valence-electron chi connectivity index (χ2n) is 5.87. The van der Waals surface area contributed by atoms with Gasteiger partial charge >= 0.3 is 0 Å². The summed E-state index contributed by atoms with van der Waals surface area (Å²) in [7, 11) is 0. The molecule has 0 aliphatic carbocycles. The lowest BCUT2D eigenvalue weighted by Gasteiger charge is -2.09. The van der Waals surface area contributed by atoms with E-state index in [0.29, 0.717) is 28.1 Å². The van der Waals surface area contributed by atoms with Crippen molar-refractivity contribution in [2.24, 2.45) is 0 Å². The third-order valence-corrected chi connectivity index (χ3v) is 5.03. The van der Waals surface area contributed by atoms with Gasteiger partial charge in [0.15, 0.2) is 11.0 Å².